The molecule has 2 rings (SSSR count). The second-order valence-corrected chi connectivity index (χ2v) is 4.40. The van der Waals surface area contributed by atoms with Gasteiger partial charge in [-0.15, -0.1) is 0 Å². The van der Waals surface area contributed by atoms with Crippen molar-refractivity contribution in [3.63, 3.8) is 0 Å². The zero-order valence-electron chi connectivity index (χ0n) is 9.28. The van der Waals surface area contributed by atoms with E-state index in [2.05, 4.69) is 0 Å². The number of ether oxygens (including phenoxy) is 2. The highest BCUT2D eigenvalue weighted by molar-refractivity contribution is 6.32. The van der Waals surface area contributed by atoms with Crippen LogP contribution in [0.3, 0.4) is 0 Å². The van der Waals surface area contributed by atoms with Crippen LogP contribution < -0.4 is 10.5 Å². The van der Waals surface area contributed by atoms with Crippen LogP contribution in [-0.4, -0.2) is 19.8 Å². The molecule has 1 aromatic rings. The first-order valence-corrected chi connectivity index (χ1v) is 5.81. The van der Waals surface area contributed by atoms with E-state index < -0.39 is 0 Å². The highest BCUT2D eigenvalue weighted by Crippen LogP contribution is 2.32. The normalized spacial score (nSPS) is 25.4. The molecule has 3 nitrogen and oxygen atoms in total. The molecule has 0 spiro atoms. The van der Waals surface area contributed by atoms with Gasteiger partial charge in [-0.3, -0.25) is 0 Å². The topological polar surface area (TPSA) is 44.5 Å². The molecule has 1 fully saturated rings. The average Bonchev–Trinajstić information content (AvgIpc) is 2.29. The van der Waals surface area contributed by atoms with Gasteiger partial charge >= 0.3 is 0 Å². The van der Waals surface area contributed by atoms with Gasteiger partial charge < -0.3 is 15.2 Å². The molecule has 88 valence electrons. The first-order valence-electron chi connectivity index (χ1n) is 5.43. The van der Waals surface area contributed by atoms with Crippen LogP contribution in [0, 0.1) is 0 Å². The quantitative estimate of drug-likeness (QED) is 0.866. The van der Waals surface area contributed by atoms with E-state index in [-0.39, 0.29) is 12.1 Å². The Morgan fingerprint density at radius 1 is 1.50 bits per heavy atom. The monoisotopic (exact) mass is 241 g/mol. The molecule has 0 bridgehead atoms. The van der Waals surface area contributed by atoms with Crippen molar-refractivity contribution in [2.24, 2.45) is 5.73 Å². The molecular formula is C12H16ClNO2. The molecule has 16 heavy (non-hydrogen) atoms. The predicted molar refractivity (Wildman–Crippen MR) is 63.9 cm³/mol. The molecule has 2 unspecified atom stereocenters. The van der Waals surface area contributed by atoms with Gasteiger partial charge in [-0.05, 0) is 30.5 Å². The Hall–Kier alpha value is -0.770. The summed E-state index contributed by atoms with van der Waals surface area (Å²) in [5, 5.41) is 0.598. The van der Waals surface area contributed by atoms with Crippen LogP contribution in [0.2, 0.25) is 5.02 Å². The summed E-state index contributed by atoms with van der Waals surface area (Å²) in [4.78, 5) is 0. The van der Waals surface area contributed by atoms with Gasteiger partial charge in [-0.25, -0.2) is 0 Å². The Bertz CT molecular complexity index is 370. The Labute approximate surface area is 100 Å². The summed E-state index contributed by atoms with van der Waals surface area (Å²) in [5.41, 5.74) is 7.06. The van der Waals surface area contributed by atoms with E-state index in [1.807, 2.05) is 18.2 Å². The lowest BCUT2D eigenvalue weighted by molar-refractivity contribution is 0.000130. The van der Waals surface area contributed by atoms with Gasteiger partial charge in [0.25, 0.3) is 0 Å². The summed E-state index contributed by atoms with van der Waals surface area (Å²) in [5.74, 6) is 0.676. The molecular weight excluding hydrogens is 226 g/mol. The van der Waals surface area contributed by atoms with E-state index in [0.29, 0.717) is 10.8 Å². The zero-order valence-corrected chi connectivity index (χ0v) is 10.0. The van der Waals surface area contributed by atoms with Crippen molar-refractivity contribution in [1.29, 1.82) is 0 Å². The third-order valence-corrected chi connectivity index (χ3v) is 3.17. The highest BCUT2D eigenvalue weighted by Gasteiger charge is 2.24. The van der Waals surface area contributed by atoms with Gasteiger partial charge in [-0.2, -0.15) is 0 Å². The second-order valence-electron chi connectivity index (χ2n) is 3.99. The van der Waals surface area contributed by atoms with Crippen LogP contribution in [0.15, 0.2) is 18.2 Å². The van der Waals surface area contributed by atoms with E-state index in [1.165, 1.54) is 0 Å². The van der Waals surface area contributed by atoms with E-state index in [9.17, 15) is 0 Å². The third-order valence-electron chi connectivity index (χ3n) is 2.87. The molecule has 1 aromatic carbocycles. The van der Waals surface area contributed by atoms with Crippen LogP contribution in [0.5, 0.6) is 5.75 Å². The molecule has 1 aliphatic rings. The maximum absolute atomic E-state index is 6.08. The van der Waals surface area contributed by atoms with Gasteiger partial charge in [-0.1, -0.05) is 17.7 Å². The Morgan fingerprint density at radius 3 is 2.94 bits per heavy atom. The molecule has 4 heteroatoms. The Kier molecular flexibility index (Phi) is 3.69. The standard InChI is InChI=1S/C12H16ClNO2/c1-15-11-5-4-8(7-9(11)13)12-10(14)3-2-6-16-12/h4-5,7,10,12H,2-3,6,14H2,1H3. The second kappa shape index (κ2) is 5.04. The Morgan fingerprint density at radius 2 is 2.31 bits per heavy atom. The number of nitrogens with two attached hydrogens (primary N) is 1. The van der Waals surface area contributed by atoms with Crippen molar-refractivity contribution in [3.8, 4) is 5.75 Å². The molecule has 0 aromatic heterocycles. The van der Waals surface area contributed by atoms with Crippen LogP contribution in [-0.2, 0) is 4.74 Å². The average molecular weight is 242 g/mol. The first kappa shape index (κ1) is 11.7. The molecule has 1 heterocycles. The number of methoxy groups -OCH3 is 1. The van der Waals surface area contributed by atoms with Gasteiger partial charge in [0.2, 0.25) is 0 Å². The van der Waals surface area contributed by atoms with Crippen molar-refractivity contribution >= 4 is 11.6 Å². The lowest BCUT2D eigenvalue weighted by Gasteiger charge is -2.29. The number of hydrogen-bond donors (Lipinski definition) is 1. The first-order chi connectivity index (χ1) is 7.72. The molecule has 0 aliphatic carbocycles. The molecule has 0 radical (unpaired) electrons. The van der Waals surface area contributed by atoms with Crippen LogP contribution in [0.4, 0.5) is 0 Å². The minimum atomic E-state index is -0.0443. The van der Waals surface area contributed by atoms with Gasteiger partial charge in [0.05, 0.1) is 18.2 Å². The lowest BCUT2D eigenvalue weighted by Crippen LogP contribution is -2.34. The van der Waals surface area contributed by atoms with E-state index >= 15 is 0 Å². The Balaban J connectivity index is 2.22. The smallest absolute Gasteiger partial charge is 0.137 e. The number of rotatable bonds is 2. The van der Waals surface area contributed by atoms with Crippen molar-refractivity contribution in [1.82, 2.24) is 0 Å². The number of halogens is 1. The van der Waals surface area contributed by atoms with Crippen molar-refractivity contribution in [3.05, 3.63) is 28.8 Å². The summed E-state index contributed by atoms with van der Waals surface area (Å²) < 4.78 is 10.8. The van der Waals surface area contributed by atoms with Crippen molar-refractivity contribution in [2.75, 3.05) is 13.7 Å². The fourth-order valence-corrected chi connectivity index (χ4v) is 2.27. The van der Waals surface area contributed by atoms with Crippen LogP contribution in [0.1, 0.15) is 24.5 Å². The maximum Gasteiger partial charge on any atom is 0.137 e. The number of benzene rings is 1. The molecule has 0 saturated carbocycles. The maximum atomic E-state index is 6.08. The molecule has 1 saturated heterocycles. The molecule has 0 amide bonds. The fraction of sp³-hybridized carbons (Fsp3) is 0.500. The van der Waals surface area contributed by atoms with Crippen molar-refractivity contribution < 1.29 is 9.47 Å². The van der Waals surface area contributed by atoms with E-state index in [0.717, 1.165) is 25.0 Å². The highest BCUT2D eigenvalue weighted by atomic mass is 35.5. The molecule has 2 atom stereocenters. The van der Waals surface area contributed by atoms with Crippen molar-refractivity contribution in [2.45, 2.75) is 25.0 Å². The minimum Gasteiger partial charge on any atom is -0.495 e. The SMILES string of the molecule is COc1ccc(C2OCCCC2N)cc1Cl. The third kappa shape index (κ3) is 2.32. The zero-order chi connectivity index (χ0) is 11.5. The fourth-order valence-electron chi connectivity index (χ4n) is 2.01. The van der Waals surface area contributed by atoms with Crippen LogP contribution >= 0.6 is 11.6 Å². The summed E-state index contributed by atoms with van der Waals surface area (Å²) in [6.07, 6.45) is 1.98. The van der Waals surface area contributed by atoms with Gasteiger partial charge in [0.1, 0.15) is 5.75 Å². The largest absolute Gasteiger partial charge is 0.495 e. The lowest BCUT2D eigenvalue weighted by atomic mass is 9.97. The summed E-state index contributed by atoms with van der Waals surface area (Å²) in [7, 11) is 1.60. The summed E-state index contributed by atoms with van der Waals surface area (Å²) in [6.45, 7) is 0.766. The summed E-state index contributed by atoms with van der Waals surface area (Å²) >= 11 is 6.08. The molecule has 2 N–H and O–H groups in total. The summed E-state index contributed by atoms with van der Waals surface area (Å²) in [6, 6.07) is 5.73. The predicted octanol–water partition coefficient (Wildman–Crippen LogP) is 2.53. The van der Waals surface area contributed by atoms with Crippen LogP contribution in [0.25, 0.3) is 0 Å². The van der Waals surface area contributed by atoms with Gasteiger partial charge in [0, 0.05) is 12.6 Å². The van der Waals surface area contributed by atoms with E-state index in [1.54, 1.807) is 7.11 Å². The molecule has 1 aliphatic heterocycles. The van der Waals surface area contributed by atoms with E-state index in [4.69, 9.17) is 26.8 Å². The minimum absolute atomic E-state index is 0.0443. The van der Waals surface area contributed by atoms with Gasteiger partial charge in [0.15, 0.2) is 0 Å². The number of hydrogen-bond acceptors (Lipinski definition) is 3.